The summed E-state index contributed by atoms with van der Waals surface area (Å²) in [6.45, 7) is 9.68. The van der Waals surface area contributed by atoms with E-state index in [1.165, 1.54) is 0 Å². The molecule has 0 radical (unpaired) electrons. The van der Waals surface area contributed by atoms with Crippen molar-refractivity contribution in [1.82, 2.24) is 15.2 Å². The van der Waals surface area contributed by atoms with E-state index < -0.39 is 0 Å². The van der Waals surface area contributed by atoms with Gasteiger partial charge < -0.3 is 15.1 Å². The van der Waals surface area contributed by atoms with Gasteiger partial charge in [0.1, 0.15) is 0 Å². The van der Waals surface area contributed by atoms with E-state index in [0.29, 0.717) is 5.92 Å². The zero-order chi connectivity index (χ0) is 19.2. The molecule has 1 aromatic carbocycles. The third-order valence-corrected chi connectivity index (χ3v) is 5.88. The molecular formula is C21H30N4OS. The first-order valence-corrected chi connectivity index (χ1v) is 10.8. The summed E-state index contributed by atoms with van der Waals surface area (Å²) in [5.41, 5.74) is 2.17. The lowest BCUT2D eigenvalue weighted by Crippen LogP contribution is -2.53. The number of nitrogens with zero attached hydrogens (tertiary/aromatic N) is 3. The highest BCUT2D eigenvalue weighted by atomic mass is 32.1. The van der Waals surface area contributed by atoms with Crippen molar-refractivity contribution in [2.45, 2.75) is 39.7 Å². The van der Waals surface area contributed by atoms with E-state index in [4.69, 9.17) is 4.98 Å². The summed E-state index contributed by atoms with van der Waals surface area (Å²) in [6.07, 6.45) is 2.01. The molecule has 1 aliphatic rings. The lowest BCUT2D eigenvalue weighted by molar-refractivity contribution is 0.188. The third-order valence-electron chi connectivity index (χ3n) is 4.98. The van der Waals surface area contributed by atoms with Crippen LogP contribution in [0.25, 0.3) is 11.3 Å². The maximum atomic E-state index is 12.6. The van der Waals surface area contributed by atoms with Gasteiger partial charge in [0.2, 0.25) is 0 Å². The molecule has 0 spiro atoms. The van der Waals surface area contributed by atoms with Gasteiger partial charge in [-0.25, -0.2) is 9.78 Å². The van der Waals surface area contributed by atoms with Crippen molar-refractivity contribution >= 4 is 22.5 Å². The minimum atomic E-state index is 0.0752. The summed E-state index contributed by atoms with van der Waals surface area (Å²) in [6, 6.07) is 10.6. The quantitative estimate of drug-likeness (QED) is 0.797. The Morgan fingerprint density at radius 1 is 1.19 bits per heavy atom. The molecule has 2 amide bonds. The monoisotopic (exact) mass is 386 g/mol. The van der Waals surface area contributed by atoms with Crippen molar-refractivity contribution in [3.63, 3.8) is 0 Å². The van der Waals surface area contributed by atoms with Crippen LogP contribution in [0.3, 0.4) is 0 Å². The molecule has 0 saturated carbocycles. The number of amides is 2. The molecule has 6 heteroatoms. The second-order valence-electron chi connectivity index (χ2n) is 7.54. The number of aromatic nitrogens is 1. The number of thiazole rings is 1. The van der Waals surface area contributed by atoms with Crippen molar-refractivity contribution < 1.29 is 4.79 Å². The van der Waals surface area contributed by atoms with Crippen molar-refractivity contribution in [1.29, 1.82) is 0 Å². The van der Waals surface area contributed by atoms with Crippen molar-refractivity contribution in [2.24, 2.45) is 5.92 Å². The van der Waals surface area contributed by atoms with Crippen molar-refractivity contribution in [2.75, 3.05) is 31.1 Å². The van der Waals surface area contributed by atoms with Gasteiger partial charge in [0.25, 0.3) is 0 Å². The molecule has 1 saturated heterocycles. The zero-order valence-corrected chi connectivity index (χ0v) is 17.3. The van der Waals surface area contributed by atoms with Crippen LogP contribution in [0.15, 0.2) is 35.7 Å². The molecule has 27 heavy (non-hydrogen) atoms. The molecule has 1 N–H and O–H groups in total. The van der Waals surface area contributed by atoms with Crippen LogP contribution in [0.4, 0.5) is 9.93 Å². The summed E-state index contributed by atoms with van der Waals surface area (Å²) in [4.78, 5) is 21.6. The Bertz CT molecular complexity index is 723. The second-order valence-corrected chi connectivity index (χ2v) is 8.38. The first-order valence-electron chi connectivity index (χ1n) is 9.88. The van der Waals surface area contributed by atoms with E-state index in [0.717, 1.165) is 55.4 Å². The topological polar surface area (TPSA) is 48.5 Å². The molecule has 1 fully saturated rings. The van der Waals surface area contributed by atoms with Gasteiger partial charge in [-0.05, 0) is 18.8 Å². The van der Waals surface area contributed by atoms with Crippen LogP contribution < -0.4 is 10.2 Å². The van der Waals surface area contributed by atoms with E-state index in [2.05, 4.69) is 48.5 Å². The molecule has 1 atom stereocenters. The van der Waals surface area contributed by atoms with Gasteiger partial charge in [-0.2, -0.15) is 0 Å². The van der Waals surface area contributed by atoms with Crippen LogP contribution >= 0.6 is 11.3 Å². The lowest BCUT2D eigenvalue weighted by Gasteiger charge is -2.35. The Hall–Kier alpha value is -2.08. The zero-order valence-electron chi connectivity index (χ0n) is 16.5. The van der Waals surface area contributed by atoms with E-state index in [-0.39, 0.29) is 12.1 Å². The maximum absolute atomic E-state index is 12.6. The van der Waals surface area contributed by atoms with Gasteiger partial charge in [-0.15, -0.1) is 11.3 Å². The van der Waals surface area contributed by atoms with Crippen molar-refractivity contribution in [3.8, 4) is 11.3 Å². The number of piperazine rings is 1. The van der Waals surface area contributed by atoms with Gasteiger partial charge in [-0.3, -0.25) is 0 Å². The molecule has 2 aromatic rings. The van der Waals surface area contributed by atoms with Crippen LogP contribution in [0.1, 0.15) is 33.6 Å². The van der Waals surface area contributed by atoms with Crippen LogP contribution in [0.2, 0.25) is 0 Å². The molecular weight excluding hydrogens is 356 g/mol. The fourth-order valence-electron chi connectivity index (χ4n) is 3.41. The number of carbonyl (C=O) groups excluding carboxylic acids is 1. The number of carbonyl (C=O) groups is 1. The normalized spacial score (nSPS) is 15.9. The van der Waals surface area contributed by atoms with E-state index in [1.807, 2.05) is 23.1 Å². The number of nitrogens with one attached hydrogen (secondary N) is 1. The average molecular weight is 387 g/mol. The Labute approximate surface area is 166 Å². The largest absolute Gasteiger partial charge is 0.345 e. The molecule has 1 aliphatic heterocycles. The number of benzene rings is 1. The Morgan fingerprint density at radius 2 is 1.89 bits per heavy atom. The molecule has 146 valence electrons. The van der Waals surface area contributed by atoms with Gasteiger partial charge in [0.05, 0.1) is 5.69 Å². The fourth-order valence-corrected chi connectivity index (χ4v) is 4.30. The van der Waals surface area contributed by atoms with E-state index in [1.54, 1.807) is 11.3 Å². The summed E-state index contributed by atoms with van der Waals surface area (Å²) >= 11 is 1.68. The Morgan fingerprint density at radius 3 is 2.52 bits per heavy atom. The molecule has 2 heterocycles. The maximum Gasteiger partial charge on any atom is 0.317 e. The first-order chi connectivity index (χ1) is 13.1. The van der Waals surface area contributed by atoms with E-state index in [9.17, 15) is 4.79 Å². The van der Waals surface area contributed by atoms with Gasteiger partial charge in [0.15, 0.2) is 5.13 Å². The van der Waals surface area contributed by atoms with Gasteiger partial charge in [0, 0.05) is 43.2 Å². The standard InChI is InChI=1S/C21H30N4OS/c1-4-18(14-16(2)3)22-20(26)24-10-12-25(13-11-24)21-23-19(15-27-21)17-8-6-5-7-9-17/h5-9,15-16,18H,4,10-14H2,1-3H3,(H,22,26). The van der Waals surface area contributed by atoms with Crippen LogP contribution in [0.5, 0.6) is 0 Å². The molecule has 1 unspecified atom stereocenters. The summed E-state index contributed by atoms with van der Waals surface area (Å²) in [7, 11) is 0. The highest BCUT2D eigenvalue weighted by molar-refractivity contribution is 7.14. The predicted octanol–water partition coefficient (Wildman–Crippen LogP) is 4.47. The highest BCUT2D eigenvalue weighted by Crippen LogP contribution is 2.28. The van der Waals surface area contributed by atoms with Crippen LogP contribution in [0, 0.1) is 5.92 Å². The smallest absolute Gasteiger partial charge is 0.317 e. The lowest BCUT2D eigenvalue weighted by atomic mass is 10.0. The number of urea groups is 1. The van der Waals surface area contributed by atoms with E-state index >= 15 is 0 Å². The molecule has 0 aliphatic carbocycles. The SMILES string of the molecule is CCC(CC(C)C)NC(=O)N1CCN(c2nc(-c3ccccc3)cs2)CC1. The molecule has 1 aromatic heterocycles. The average Bonchev–Trinajstić information content (AvgIpc) is 3.18. The molecule has 0 bridgehead atoms. The summed E-state index contributed by atoms with van der Waals surface area (Å²) in [5, 5.41) is 6.36. The fraction of sp³-hybridized carbons (Fsp3) is 0.524. The van der Waals surface area contributed by atoms with Gasteiger partial charge >= 0.3 is 6.03 Å². The number of hydrogen-bond acceptors (Lipinski definition) is 4. The summed E-state index contributed by atoms with van der Waals surface area (Å²) < 4.78 is 0. The second kappa shape index (κ2) is 9.22. The molecule has 3 rings (SSSR count). The number of anilines is 1. The highest BCUT2D eigenvalue weighted by Gasteiger charge is 2.24. The summed E-state index contributed by atoms with van der Waals surface area (Å²) in [5.74, 6) is 0.593. The van der Waals surface area contributed by atoms with Crippen LogP contribution in [-0.4, -0.2) is 48.1 Å². The number of hydrogen-bond donors (Lipinski definition) is 1. The van der Waals surface area contributed by atoms with Crippen molar-refractivity contribution in [3.05, 3.63) is 35.7 Å². The van der Waals surface area contributed by atoms with Gasteiger partial charge in [-0.1, -0.05) is 51.1 Å². The minimum Gasteiger partial charge on any atom is -0.345 e. The Kier molecular flexibility index (Phi) is 6.72. The third kappa shape index (κ3) is 5.22. The van der Waals surface area contributed by atoms with Crippen LogP contribution in [-0.2, 0) is 0 Å². The first kappa shape index (κ1) is 19.7. The predicted molar refractivity (Wildman–Crippen MR) is 113 cm³/mol. The molecule has 5 nitrogen and oxygen atoms in total. The Balaban J connectivity index is 1.53. The number of rotatable bonds is 6. The minimum absolute atomic E-state index is 0.0752.